The van der Waals surface area contributed by atoms with Crippen LogP contribution >= 0.6 is 0 Å². The molecule has 0 bridgehead atoms. The summed E-state index contributed by atoms with van der Waals surface area (Å²) >= 11 is 0. The Morgan fingerprint density at radius 2 is 2.20 bits per heavy atom. The molecule has 2 amide bonds. The molecule has 25 heavy (non-hydrogen) atoms. The maximum Gasteiger partial charge on any atom is 0.237 e. The van der Waals surface area contributed by atoms with Crippen molar-refractivity contribution in [3.63, 3.8) is 0 Å². The SMILES string of the molecule is COc1ccccc1/C=C/CN1CCNC(=O)[C@@H]1CC(=O)NC(C)C. The summed E-state index contributed by atoms with van der Waals surface area (Å²) in [6.45, 7) is 5.75. The summed E-state index contributed by atoms with van der Waals surface area (Å²) < 4.78 is 5.33. The van der Waals surface area contributed by atoms with E-state index in [9.17, 15) is 9.59 Å². The van der Waals surface area contributed by atoms with E-state index in [1.807, 2.05) is 55.2 Å². The van der Waals surface area contributed by atoms with Gasteiger partial charge in [0, 0.05) is 31.2 Å². The highest BCUT2D eigenvalue weighted by Gasteiger charge is 2.30. The zero-order chi connectivity index (χ0) is 18.2. The number of ether oxygens (including phenoxy) is 1. The third-order valence-corrected chi connectivity index (χ3v) is 4.05. The number of para-hydroxylation sites is 1. The van der Waals surface area contributed by atoms with Crippen LogP contribution < -0.4 is 15.4 Å². The van der Waals surface area contributed by atoms with E-state index < -0.39 is 6.04 Å². The Labute approximate surface area is 149 Å². The minimum atomic E-state index is -0.435. The van der Waals surface area contributed by atoms with E-state index in [1.54, 1.807) is 7.11 Å². The van der Waals surface area contributed by atoms with Gasteiger partial charge in [-0.15, -0.1) is 0 Å². The van der Waals surface area contributed by atoms with E-state index >= 15 is 0 Å². The topological polar surface area (TPSA) is 70.7 Å². The highest BCUT2D eigenvalue weighted by atomic mass is 16.5. The molecule has 1 fully saturated rings. The number of rotatable bonds is 7. The van der Waals surface area contributed by atoms with Crippen LogP contribution in [0.2, 0.25) is 0 Å². The Balaban J connectivity index is 2.01. The molecule has 6 nitrogen and oxygen atoms in total. The number of carbonyl (C=O) groups is 2. The number of amides is 2. The van der Waals surface area contributed by atoms with Crippen LogP contribution in [0.15, 0.2) is 30.3 Å². The van der Waals surface area contributed by atoms with Gasteiger partial charge in [-0.25, -0.2) is 0 Å². The van der Waals surface area contributed by atoms with Crippen LogP contribution in [0.1, 0.15) is 25.8 Å². The molecule has 1 aliphatic rings. The van der Waals surface area contributed by atoms with Gasteiger partial charge in [-0.2, -0.15) is 0 Å². The summed E-state index contributed by atoms with van der Waals surface area (Å²) in [4.78, 5) is 26.3. The Kier molecular flexibility index (Phi) is 7.01. The molecule has 2 rings (SSSR count). The standard InChI is InChI=1S/C19H27N3O3/c1-14(2)21-18(23)13-16-19(24)20-10-12-22(16)11-6-8-15-7-4-5-9-17(15)25-3/h4-9,14,16H,10-13H2,1-3H3,(H,20,24)(H,21,23)/b8-6+/t16-/m0/s1. The first-order valence-electron chi connectivity index (χ1n) is 8.62. The molecule has 1 saturated heterocycles. The molecule has 0 unspecified atom stereocenters. The van der Waals surface area contributed by atoms with Gasteiger partial charge in [-0.05, 0) is 19.9 Å². The Morgan fingerprint density at radius 3 is 2.92 bits per heavy atom. The predicted octanol–water partition coefficient (Wildman–Crippen LogP) is 1.42. The normalized spacial score (nSPS) is 18.4. The van der Waals surface area contributed by atoms with Crippen LogP contribution in [0.3, 0.4) is 0 Å². The van der Waals surface area contributed by atoms with Gasteiger partial charge in [-0.3, -0.25) is 14.5 Å². The number of benzene rings is 1. The lowest BCUT2D eigenvalue weighted by Crippen LogP contribution is -2.56. The lowest BCUT2D eigenvalue weighted by atomic mass is 10.1. The Morgan fingerprint density at radius 1 is 1.44 bits per heavy atom. The monoisotopic (exact) mass is 345 g/mol. The van der Waals surface area contributed by atoms with E-state index in [0.29, 0.717) is 13.1 Å². The first-order chi connectivity index (χ1) is 12.0. The van der Waals surface area contributed by atoms with Gasteiger partial charge in [0.1, 0.15) is 5.75 Å². The van der Waals surface area contributed by atoms with Crippen LogP contribution in [0.5, 0.6) is 5.75 Å². The summed E-state index contributed by atoms with van der Waals surface area (Å²) in [6, 6.07) is 7.40. The first-order valence-corrected chi connectivity index (χ1v) is 8.62. The molecule has 2 N–H and O–H groups in total. The van der Waals surface area contributed by atoms with Crippen molar-refractivity contribution in [2.24, 2.45) is 0 Å². The average Bonchev–Trinajstić information content (AvgIpc) is 2.57. The van der Waals surface area contributed by atoms with E-state index in [2.05, 4.69) is 10.6 Å². The maximum absolute atomic E-state index is 12.2. The van der Waals surface area contributed by atoms with E-state index in [0.717, 1.165) is 17.9 Å². The summed E-state index contributed by atoms with van der Waals surface area (Å²) in [7, 11) is 1.64. The van der Waals surface area contributed by atoms with Crippen molar-refractivity contribution in [3.05, 3.63) is 35.9 Å². The van der Waals surface area contributed by atoms with Crippen molar-refractivity contribution >= 4 is 17.9 Å². The smallest absolute Gasteiger partial charge is 0.237 e. The van der Waals surface area contributed by atoms with E-state index in [4.69, 9.17) is 4.74 Å². The lowest BCUT2D eigenvalue weighted by molar-refractivity contribution is -0.133. The minimum absolute atomic E-state index is 0.0676. The van der Waals surface area contributed by atoms with E-state index in [1.165, 1.54) is 0 Å². The van der Waals surface area contributed by atoms with Gasteiger partial charge in [-0.1, -0.05) is 30.4 Å². The van der Waals surface area contributed by atoms with Crippen LogP contribution in [0.25, 0.3) is 6.08 Å². The van der Waals surface area contributed by atoms with Gasteiger partial charge < -0.3 is 15.4 Å². The summed E-state index contributed by atoms with van der Waals surface area (Å²) in [5.41, 5.74) is 0.987. The summed E-state index contributed by atoms with van der Waals surface area (Å²) in [5, 5.41) is 5.69. The summed E-state index contributed by atoms with van der Waals surface area (Å²) in [6.07, 6.45) is 4.16. The Hall–Kier alpha value is -2.34. The second-order valence-corrected chi connectivity index (χ2v) is 6.37. The Bertz CT molecular complexity index is 628. The number of nitrogens with one attached hydrogen (secondary N) is 2. The molecular weight excluding hydrogens is 318 g/mol. The van der Waals surface area contributed by atoms with Crippen molar-refractivity contribution in [3.8, 4) is 5.75 Å². The molecule has 0 saturated carbocycles. The zero-order valence-electron chi connectivity index (χ0n) is 15.1. The molecule has 1 aromatic carbocycles. The van der Waals surface area contributed by atoms with Gasteiger partial charge in [0.2, 0.25) is 11.8 Å². The van der Waals surface area contributed by atoms with Crippen LogP contribution in [0, 0.1) is 0 Å². The number of hydrogen-bond acceptors (Lipinski definition) is 4. The second kappa shape index (κ2) is 9.22. The van der Waals surface area contributed by atoms with Crippen molar-refractivity contribution in [1.82, 2.24) is 15.5 Å². The quantitative estimate of drug-likeness (QED) is 0.784. The van der Waals surface area contributed by atoms with Gasteiger partial charge in [0.25, 0.3) is 0 Å². The van der Waals surface area contributed by atoms with Crippen LogP contribution in [0.4, 0.5) is 0 Å². The molecule has 0 radical (unpaired) electrons. The van der Waals surface area contributed by atoms with Gasteiger partial charge in [0.15, 0.2) is 0 Å². The summed E-state index contributed by atoms with van der Waals surface area (Å²) in [5.74, 6) is 0.620. The fourth-order valence-electron chi connectivity index (χ4n) is 2.88. The van der Waals surface area contributed by atoms with E-state index in [-0.39, 0.29) is 24.3 Å². The average molecular weight is 345 g/mol. The second-order valence-electron chi connectivity index (χ2n) is 6.37. The number of hydrogen-bond donors (Lipinski definition) is 2. The van der Waals surface area contributed by atoms with Crippen molar-refractivity contribution in [1.29, 1.82) is 0 Å². The third-order valence-electron chi connectivity index (χ3n) is 4.05. The fraction of sp³-hybridized carbons (Fsp3) is 0.474. The van der Waals surface area contributed by atoms with Crippen LogP contribution in [-0.2, 0) is 9.59 Å². The van der Waals surface area contributed by atoms with Gasteiger partial charge >= 0.3 is 0 Å². The van der Waals surface area contributed by atoms with Crippen LogP contribution in [-0.4, -0.2) is 55.5 Å². The molecule has 1 aromatic rings. The highest BCUT2D eigenvalue weighted by Crippen LogP contribution is 2.19. The first kappa shape index (κ1) is 19.0. The zero-order valence-corrected chi connectivity index (χ0v) is 15.1. The largest absolute Gasteiger partial charge is 0.496 e. The molecule has 0 spiro atoms. The van der Waals surface area contributed by atoms with Crippen molar-refractivity contribution < 1.29 is 14.3 Å². The number of piperazine rings is 1. The van der Waals surface area contributed by atoms with Crippen molar-refractivity contribution in [2.75, 3.05) is 26.7 Å². The third kappa shape index (κ3) is 5.60. The minimum Gasteiger partial charge on any atom is -0.496 e. The fourth-order valence-corrected chi connectivity index (χ4v) is 2.88. The molecule has 1 heterocycles. The number of methoxy groups -OCH3 is 1. The maximum atomic E-state index is 12.2. The highest BCUT2D eigenvalue weighted by molar-refractivity contribution is 5.88. The lowest BCUT2D eigenvalue weighted by Gasteiger charge is -2.34. The molecule has 136 valence electrons. The van der Waals surface area contributed by atoms with Gasteiger partial charge in [0.05, 0.1) is 19.6 Å². The number of nitrogens with zero attached hydrogens (tertiary/aromatic N) is 1. The molecule has 6 heteroatoms. The molecular formula is C19H27N3O3. The predicted molar refractivity (Wildman–Crippen MR) is 98.3 cm³/mol. The molecule has 0 aromatic heterocycles. The molecule has 0 aliphatic carbocycles. The molecule has 1 aliphatic heterocycles. The molecule has 1 atom stereocenters. The number of carbonyl (C=O) groups excluding carboxylic acids is 2. The van der Waals surface area contributed by atoms with Crippen molar-refractivity contribution in [2.45, 2.75) is 32.4 Å².